The fourth-order valence-electron chi connectivity index (χ4n) is 9.04. The van der Waals surface area contributed by atoms with Gasteiger partial charge in [-0.25, -0.2) is 0 Å². The first-order valence-corrected chi connectivity index (χ1v) is 12.8. The van der Waals surface area contributed by atoms with Gasteiger partial charge in [-0.1, -0.05) is 59.8 Å². The lowest BCUT2D eigenvalue weighted by Crippen LogP contribution is -2.52. The molecular formula is C27H45N. The fraction of sp³-hybridized carbons (Fsp3) is 0.963. The van der Waals surface area contributed by atoms with Crippen LogP contribution in [0.2, 0.25) is 0 Å². The molecule has 4 fully saturated rings. The molecule has 0 amide bonds. The molecule has 0 aliphatic heterocycles. The normalized spacial score (nSPS) is 45.9. The van der Waals surface area contributed by atoms with Gasteiger partial charge < -0.3 is 0 Å². The molecule has 0 saturated heterocycles. The van der Waals surface area contributed by atoms with Crippen molar-refractivity contribution < 1.29 is 0 Å². The van der Waals surface area contributed by atoms with Crippen LogP contribution in [-0.4, -0.2) is 0 Å². The largest absolute Gasteiger partial charge is 0.198 e. The summed E-state index contributed by atoms with van der Waals surface area (Å²) in [5.74, 6) is 5.71. The molecule has 4 aliphatic rings. The van der Waals surface area contributed by atoms with Crippen LogP contribution < -0.4 is 0 Å². The van der Waals surface area contributed by atoms with Crippen LogP contribution in [0.3, 0.4) is 0 Å². The fourth-order valence-corrected chi connectivity index (χ4v) is 9.04. The summed E-state index contributed by atoms with van der Waals surface area (Å²) < 4.78 is 0. The molecule has 4 rings (SSSR count). The van der Waals surface area contributed by atoms with Crippen molar-refractivity contribution in [2.24, 2.45) is 52.3 Å². The van der Waals surface area contributed by atoms with E-state index in [9.17, 15) is 5.26 Å². The van der Waals surface area contributed by atoms with Crippen LogP contribution in [0.5, 0.6) is 0 Å². The van der Waals surface area contributed by atoms with E-state index in [1.165, 1.54) is 77.0 Å². The van der Waals surface area contributed by atoms with E-state index in [0.717, 1.165) is 36.0 Å². The lowest BCUT2D eigenvalue weighted by atomic mass is 9.45. The maximum absolute atomic E-state index is 10.1. The lowest BCUT2D eigenvalue weighted by molar-refractivity contribution is -0.106. The van der Waals surface area contributed by atoms with E-state index in [1.807, 2.05) is 0 Å². The zero-order chi connectivity index (χ0) is 19.9. The third kappa shape index (κ3) is 3.56. The second-order valence-corrected chi connectivity index (χ2v) is 12.4. The number of nitrogens with zero attached hydrogens (tertiary/aromatic N) is 1. The van der Waals surface area contributed by atoms with Crippen molar-refractivity contribution in [3.63, 3.8) is 0 Å². The molecule has 4 saturated carbocycles. The Morgan fingerprint density at radius 2 is 1.75 bits per heavy atom. The van der Waals surface area contributed by atoms with Crippen LogP contribution >= 0.6 is 0 Å². The van der Waals surface area contributed by atoms with Crippen molar-refractivity contribution in [1.82, 2.24) is 0 Å². The Bertz CT molecular complexity index is 588. The predicted molar refractivity (Wildman–Crippen MR) is 118 cm³/mol. The van der Waals surface area contributed by atoms with E-state index < -0.39 is 0 Å². The van der Waals surface area contributed by atoms with Gasteiger partial charge in [-0.3, -0.25) is 0 Å². The number of unbranched alkanes of at least 4 members (excludes halogenated alkanes) is 1. The van der Waals surface area contributed by atoms with E-state index >= 15 is 0 Å². The molecule has 1 nitrogen and oxygen atoms in total. The monoisotopic (exact) mass is 383 g/mol. The zero-order valence-corrected chi connectivity index (χ0v) is 19.2. The summed E-state index contributed by atoms with van der Waals surface area (Å²) in [7, 11) is 0. The third-order valence-electron chi connectivity index (χ3n) is 10.3. The second kappa shape index (κ2) is 7.96. The first kappa shape index (κ1) is 20.8. The van der Waals surface area contributed by atoms with Gasteiger partial charge in [0.15, 0.2) is 0 Å². The van der Waals surface area contributed by atoms with Crippen LogP contribution in [0.15, 0.2) is 0 Å². The van der Waals surface area contributed by atoms with Crippen molar-refractivity contribution in [3.05, 3.63) is 0 Å². The maximum atomic E-state index is 10.1. The van der Waals surface area contributed by atoms with Gasteiger partial charge in [-0.15, -0.1) is 0 Å². The average molecular weight is 384 g/mol. The van der Waals surface area contributed by atoms with Crippen molar-refractivity contribution >= 4 is 0 Å². The van der Waals surface area contributed by atoms with E-state index in [0.29, 0.717) is 22.7 Å². The summed E-state index contributed by atoms with van der Waals surface area (Å²) >= 11 is 0. The molecule has 0 aromatic carbocycles. The third-order valence-corrected chi connectivity index (χ3v) is 10.3. The van der Waals surface area contributed by atoms with E-state index in [-0.39, 0.29) is 0 Å². The van der Waals surface area contributed by atoms with Crippen molar-refractivity contribution in [3.8, 4) is 6.07 Å². The van der Waals surface area contributed by atoms with Crippen molar-refractivity contribution in [1.29, 1.82) is 5.26 Å². The highest BCUT2D eigenvalue weighted by molar-refractivity contribution is 5.11. The summed E-state index contributed by atoms with van der Waals surface area (Å²) in [4.78, 5) is 0. The van der Waals surface area contributed by atoms with Crippen molar-refractivity contribution in [2.45, 2.75) is 111 Å². The smallest absolute Gasteiger partial charge is 0.0658 e. The molecule has 0 heterocycles. The number of nitriles is 1. The van der Waals surface area contributed by atoms with E-state index in [2.05, 4.69) is 33.8 Å². The first-order valence-electron chi connectivity index (χ1n) is 12.8. The van der Waals surface area contributed by atoms with Gasteiger partial charge in [0.1, 0.15) is 0 Å². The SMILES string of the molecule is CC(C)CCCCC(C#N)C1CCC2C3CC4CCCC(C)(C4)C3CCC12C. The standard InChI is InChI=1S/C27H45N/c1-19(2)8-5-6-10-21(18-28)23-11-12-25-22-16-20-9-7-14-26(3,17-20)24(22)13-15-27(23,25)4/h19-25H,5-17H2,1-4H3. The topological polar surface area (TPSA) is 23.8 Å². The maximum Gasteiger partial charge on any atom is 0.0658 e. The molecule has 158 valence electrons. The molecular weight excluding hydrogens is 338 g/mol. The Balaban J connectivity index is 1.46. The van der Waals surface area contributed by atoms with Gasteiger partial charge >= 0.3 is 0 Å². The van der Waals surface area contributed by atoms with Crippen LogP contribution in [0.25, 0.3) is 0 Å². The molecule has 0 aromatic heterocycles. The minimum absolute atomic E-state index is 0.317. The molecule has 28 heavy (non-hydrogen) atoms. The van der Waals surface area contributed by atoms with Crippen LogP contribution in [0.1, 0.15) is 111 Å². The molecule has 0 N–H and O–H groups in total. The highest BCUT2D eigenvalue weighted by atomic mass is 14.6. The first-order chi connectivity index (χ1) is 13.4. The minimum atomic E-state index is 0.317. The van der Waals surface area contributed by atoms with E-state index in [1.54, 1.807) is 0 Å². The molecule has 0 aromatic rings. The molecule has 8 unspecified atom stereocenters. The summed E-state index contributed by atoms with van der Waals surface area (Å²) in [6.45, 7) is 9.92. The van der Waals surface area contributed by atoms with Crippen LogP contribution in [0.4, 0.5) is 0 Å². The Hall–Kier alpha value is -0.510. The lowest BCUT2D eigenvalue weighted by Gasteiger charge is -2.60. The van der Waals surface area contributed by atoms with E-state index in [4.69, 9.17) is 0 Å². The highest BCUT2D eigenvalue weighted by Gasteiger charge is 2.60. The summed E-state index contributed by atoms with van der Waals surface area (Å²) in [5.41, 5.74) is 1.11. The molecule has 0 radical (unpaired) electrons. The minimum Gasteiger partial charge on any atom is -0.198 e. The Labute approximate surface area is 175 Å². The predicted octanol–water partition coefficient (Wildman–Crippen LogP) is 8.00. The molecule has 8 atom stereocenters. The Kier molecular flexibility index (Phi) is 5.90. The van der Waals surface area contributed by atoms with Crippen molar-refractivity contribution in [2.75, 3.05) is 0 Å². The zero-order valence-electron chi connectivity index (χ0n) is 19.2. The van der Waals surface area contributed by atoms with Gasteiger partial charge in [-0.05, 0) is 97.7 Å². The molecule has 1 heteroatoms. The average Bonchev–Trinajstić information content (AvgIpc) is 2.99. The molecule has 0 spiro atoms. The van der Waals surface area contributed by atoms with Crippen LogP contribution in [-0.2, 0) is 0 Å². The summed E-state index contributed by atoms with van der Waals surface area (Å²) in [6.07, 6.45) is 18.2. The molecule has 2 bridgehead atoms. The number of rotatable bonds is 6. The summed E-state index contributed by atoms with van der Waals surface area (Å²) in [5, 5.41) is 10.1. The van der Waals surface area contributed by atoms with Gasteiger partial charge in [0.05, 0.1) is 6.07 Å². The number of fused-ring (bicyclic) bond motifs is 6. The van der Waals surface area contributed by atoms with Gasteiger partial charge in [0.2, 0.25) is 0 Å². The van der Waals surface area contributed by atoms with Gasteiger partial charge in [-0.2, -0.15) is 5.26 Å². The summed E-state index contributed by atoms with van der Waals surface area (Å²) in [6, 6.07) is 2.81. The van der Waals surface area contributed by atoms with Gasteiger partial charge in [0.25, 0.3) is 0 Å². The van der Waals surface area contributed by atoms with Crippen LogP contribution in [0, 0.1) is 63.6 Å². The number of hydrogen-bond donors (Lipinski definition) is 0. The highest BCUT2D eigenvalue weighted by Crippen LogP contribution is 2.68. The van der Waals surface area contributed by atoms with Gasteiger partial charge in [0, 0.05) is 5.92 Å². The number of hydrogen-bond acceptors (Lipinski definition) is 1. The molecule has 4 aliphatic carbocycles. The second-order valence-electron chi connectivity index (χ2n) is 12.4. The Morgan fingerprint density at radius 3 is 2.50 bits per heavy atom. The quantitative estimate of drug-likeness (QED) is 0.426. The Morgan fingerprint density at radius 1 is 0.964 bits per heavy atom.